The summed E-state index contributed by atoms with van der Waals surface area (Å²) in [5, 5.41) is 17.2. The van der Waals surface area contributed by atoms with Crippen LogP contribution in [0.2, 0.25) is 0 Å². The number of hydrogen-bond acceptors (Lipinski definition) is 6. The Labute approximate surface area is 155 Å². The smallest absolute Gasteiger partial charge is 0.296 e. The molecule has 0 aliphatic carbocycles. The molecule has 0 heterocycles. The van der Waals surface area contributed by atoms with Crippen LogP contribution >= 0.6 is 0 Å². The minimum atomic E-state index is -4.69. The van der Waals surface area contributed by atoms with Crippen LogP contribution in [0.25, 0.3) is 0 Å². The molecule has 0 aliphatic rings. The van der Waals surface area contributed by atoms with Gasteiger partial charge in [-0.15, -0.1) is 0 Å². The van der Waals surface area contributed by atoms with Crippen molar-refractivity contribution in [2.75, 3.05) is 10.6 Å². The van der Waals surface area contributed by atoms with Crippen molar-refractivity contribution < 1.29 is 17.9 Å². The molecule has 0 fully saturated rings. The fourth-order valence-electron chi connectivity index (χ4n) is 2.49. The quantitative estimate of drug-likeness (QED) is 0.328. The SMILES string of the molecule is O=[N+]([O-])c1cc(S(=O)(=O)O)c(Nc2ccccc2)cc1Nc1ccccc1. The highest BCUT2D eigenvalue weighted by atomic mass is 32.2. The number of nitrogens with zero attached hydrogens (tertiary/aromatic N) is 1. The second kappa shape index (κ2) is 7.44. The first-order chi connectivity index (χ1) is 12.8. The maximum absolute atomic E-state index is 11.8. The van der Waals surface area contributed by atoms with Crippen molar-refractivity contribution >= 4 is 38.6 Å². The second-order valence-corrected chi connectivity index (χ2v) is 6.97. The second-order valence-electron chi connectivity index (χ2n) is 5.58. The lowest BCUT2D eigenvalue weighted by Crippen LogP contribution is -2.07. The molecule has 9 heteroatoms. The molecule has 3 N–H and O–H groups in total. The monoisotopic (exact) mass is 385 g/mol. The fraction of sp³-hybridized carbons (Fsp3) is 0. The summed E-state index contributed by atoms with van der Waals surface area (Å²) in [7, 11) is -4.69. The molecule has 0 atom stereocenters. The summed E-state index contributed by atoms with van der Waals surface area (Å²) in [5.74, 6) is 0. The van der Waals surface area contributed by atoms with Crippen molar-refractivity contribution in [1.29, 1.82) is 0 Å². The third-order valence-electron chi connectivity index (χ3n) is 3.68. The van der Waals surface area contributed by atoms with E-state index in [0.29, 0.717) is 11.4 Å². The first-order valence-corrected chi connectivity index (χ1v) is 9.22. The molecule has 0 saturated heterocycles. The minimum Gasteiger partial charge on any atom is -0.354 e. The summed E-state index contributed by atoms with van der Waals surface area (Å²) >= 11 is 0. The van der Waals surface area contributed by atoms with Crippen LogP contribution in [0.1, 0.15) is 0 Å². The zero-order chi connectivity index (χ0) is 19.4. The summed E-state index contributed by atoms with van der Waals surface area (Å²) < 4.78 is 33.0. The number of anilines is 4. The molecular formula is C18H15N3O5S. The van der Waals surface area contributed by atoms with Gasteiger partial charge in [-0.05, 0) is 30.3 Å². The Balaban J connectivity index is 2.14. The Hall–Kier alpha value is -3.43. The number of rotatable bonds is 6. The van der Waals surface area contributed by atoms with E-state index in [1.54, 1.807) is 60.7 Å². The summed E-state index contributed by atoms with van der Waals surface area (Å²) in [4.78, 5) is 10.1. The van der Waals surface area contributed by atoms with E-state index in [1.165, 1.54) is 6.07 Å². The van der Waals surface area contributed by atoms with Crippen molar-refractivity contribution in [2.45, 2.75) is 4.90 Å². The highest BCUT2D eigenvalue weighted by Crippen LogP contribution is 2.36. The number of hydrogen-bond donors (Lipinski definition) is 3. The zero-order valence-corrected chi connectivity index (χ0v) is 14.7. The van der Waals surface area contributed by atoms with Gasteiger partial charge < -0.3 is 10.6 Å². The third kappa shape index (κ3) is 4.40. The van der Waals surface area contributed by atoms with Crippen molar-refractivity contribution in [3.8, 4) is 0 Å². The Morgan fingerprint density at radius 1 is 0.815 bits per heavy atom. The zero-order valence-electron chi connectivity index (χ0n) is 13.9. The molecule has 0 aliphatic heterocycles. The van der Waals surface area contributed by atoms with E-state index in [2.05, 4.69) is 10.6 Å². The lowest BCUT2D eigenvalue weighted by atomic mass is 10.2. The van der Waals surface area contributed by atoms with E-state index < -0.39 is 25.6 Å². The highest BCUT2D eigenvalue weighted by molar-refractivity contribution is 7.86. The normalized spacial score (nSPS) is 11.0. The van der Waals surface area contributed by atoms with Crippen LogP contribution in [-0.2, 0) is 10.1 Å². The molecule has 0 amide bonds. The van der Waals surface area contributed by atoms with Crippen LogP contribution in [-0.4, -0.2) is 17.9 Å². The van der Waals surface area contributed by atoms with Gasteiger partial charge in [0.1, 0.15) is 10.6 Å². The molecule has 0 radical (unpaired) electrons. The van der Waals surface area contributed by atoms with Gasteiger partial charge in [-0.2, -0.15) is 8.42 Å². The Kier molecular flexibility index (Phi) is 5.06. The number of nitro groups is 1. The number of para-hydroxylation sites is 2. The summed E-state index contributed by atoms with van der Waals surface area (Å²) in [6.45, 7) is 0. The molecule has 0 saturated carbocycles. The lowest BCUT2D eigenvalue weighted by Gasteiger charge is -2.14. The maximum atomic E-state index is 11.8. The van der Waals surface area contributed by atoms with Gasteiger partial charge in [0, 0.05) is 17.4 Å². The Morgan fingerprint density at radius 2 is 1.30 bits per heavy atom. The van der Waals surface area contributed by atoms with Gasteiger partial charge >= 0.3 is 0 Å². The predicted octanol–water partition coefficient (Wildman–Crippen LogP) is 4.33. The average molecular weight is 385 g/mol. The van der Waals surface area contributed by atoms with Gasteiger partial charge in [-0.1, -0.05) is 36.4 Å². The van der Waals surface area contributed by atoms with Gasteiger partial charge in [0.05, 0.1) is 10.6 Å². The molecule has 3 aromatic rings. The molecular weight excluding hydrogens is 370 g/mol. The van der Waals surface area contributed by atoms with Crippen LogP contribution in [0, 0.1) is 10.1 Å². The van der Waals surface area contributed by atoms with Crippen molar-refractivity contribution in [1.82, 2.24) is 0 Å². The number of nitrogens with one attached hydrogen (secondary N) is 2. The molecule has 3 rings (SSSR count). The molecule has 0 aromatic heterocycles. The fourth-order valence-corrected chi connectivity index (χ4v) is 3.13. The Morgan fingerprint density at radius 3 is 1.74 bits per heavy atom. The van der Waals surface area contributed by atoms with Crippen LogP contribution < -0.4 is 10.6 Å². The molecule has 3 aromatic carbocycles. The molecule has 8 nitrogen and oxygen atoms in total. The number of benzene rings is 3. The van der Waals surface area contributed by atoms with E-state index >= 15 is 0 Å². The first-order valence-electron chi connectivity index (χ1n) is 7.78. The summed E-state index contributed by atoms with van der Waals surface area (Å²) in [6, 6.07) is 19.5. The lowest BCUT2D eigenvalue weighted by molar-refractivity contribution is -0.384. The largest absolute Gasteiger partial charge is 0.354 e. The molecule has 0 bridgehead atoms. The predicted molar refractivity (Wildman–Crippen MR) is 102 cm³/mol. The molecule has 138 valence electrons. The first kappa shape index (κ1) is 18.4. The Bertz CT molecular complexity index is 1070. The van der Waals surface area contributed by atoms with Crippen LogP contribution in [0.15, 0.2) is 77.7 Å². The van der Waals surface area contributed by atoms with E-state index in [9.17, 15) is 23.1 Å². The van der Waals surface area contributed by atoms with E-state index in [0.717, 1.165) is 6.07 Å². The highest BCUT2D eigenvalue weighted by Gasteiger charge is 2.25. The van der Waals surface area contributed by atoms with Crippen LogP contribution in [0.3, 0.4) is 0 Å². The van der Waals surface area contributed by atoms with Crippen molar-refractivity contribution in [3.05, 3.63) is 82.9 Å². The summed E-state index contributed by atoms with van der Waals surface area (Å²) in [6.07, 6.45) is 0. The standard InChI is InChI=1S/C18H15N3O5S/c22-21(23)17-12-18(27(24,25)26)16(20-14-9-5-2-6-10-14)11-15(17)19-13-7-3-1-4-8-13/h1-12,19-20H,(H,24,25,26). The maximum Gasteiger partial charge on any atom is 0.296 e. The van der Waals surface area contributed by atoms with Gasteiger partial charge in [0.15, 0.2) is 0 Å². The average Bonchev–Trinajstić information content (AvgIpc) is 2.62. The van der Waals surface area contributed by atoms with Gasteiger partial charge in [-0.25, -0.2) is 0 Å². The van der Waals surface area contributed by atoms with E-state index in [4.69, 9.17) is 0 Å². The topological polar surface area (TPSA) is 122 Å². The van der Waals surface area contributed by atoms with Gasteiger partial charge in [0.2, 0.25) is 0 Å². The summed E-state index contributed by atoms with van der Waals surface area (Å²) in [5.41, 5.74) is 0.752. The molecule has 0 unspecified atom stereocenters. The van der Waals surface area contributed by atoms with Crippen LogP contribution in [0.5, 0.6) is 0 Å². The minimum absolute atomic E-state index is 0.00716. The van der Waals surface area contributed by atoms with Gasteiger partial charge in [0.25, 0.3) is 15.8 Å². The number of nitro benzene ring substituents is 1. The van der Waals surface area contributed by atoms with E-state index in [-0.39, 0.29) is 11.4 Å². The molecule has 27 heavy (non-hydrogen) atoms. The third-order valence-corrected chi connectivity index (χ3v) is 4.57. The van der Waals surface area contributed by atoms with Crippen molar-refractivity contribution in [3.63, 3.8) is 0 Å². The van der Waals surface area contributed by atoms with E-state index in [1.807, 2.05) is 0 Å². The van der Waals surface area contributed by atoms with Crippen molar-refractivity contribution in [2.24, 2.45) is 0 Å². The van der Waals surface area contributed by atoms with Crippen LogP contribution in [0.4, 0.5) is 28.4 Å². The molecule has 0 spiro atoms. The van der Waals surface area contributed by atoms with Gasteiger partial charge in [-0.3, -0.25) is 14.7 Å².